The Morgan fingerprint density at radius 1 is 1.26 bits per heavy atom. The number of nitrogens with one attached hydrogen (secondary N) is 1. The molecule has 2 aromatic rings. The number of benzene rings is 1. The van der Waals surface area contributed by atoms with Gasteiger partial charge in [0.25, 0.3) is 0 Å². The average Bonchev–Trinajstić information content (AvgIpc) is 2.82. The highest BCUT2D eigenvalue weighted by Gasteiger charge is 2.06. The van der Waals surface area contributed by atoms with Crippen molar-refractivity contribution in [1.82, 2.24) is 9.55 Å². The maximum atomic E-state index is 5.08. The zero-order valence-corrected chi connectivity index (χ0v) is 11.8. The normalized spacial score (nSPS) is 10.7. The lowest BCUT2D eigenvalue weighted by Crippen LogP contribution is -2.06. The minimum Gasteiger partial charge on any atom is -0.385 e. The Balaban J connectivity index is 2.13. The molecule has 4 nitrogen and oxygen atoms in total. The van der Waals surface area contributed by atoms with E-state index in [1.165, 1.54) is 11.1 Å². The summed E-state index contributed by atoms with van der Waals surface area (Å²) >= 11 is 0. The van der Waals surface area contributed by atoms with Crippen LogP contribution in [0, 0.1) is 13.8 Å². The number of aryl methyl sites for hydroxylation is 3. The molecule has 0 unspecified atom stereocenters. The summed E-state index contributed by atoms with van der Waals surface area (Å²) in [6.45, 7) is 5.88. The zero-order valence-electron chi connectivity index (χ0n) is 11.8. The topological polar surface area (TPSA) is 39.1 Å². The smallest absolute Gasteiger partial charge is 0.207 e. The molecule has 0 saturated carbocycles. The van der Waals surface area contributed by atoms with E-state index in [1.54, 1.807) is 7.11 Å². The van der Waals surface area contributed by atoms with E-state index < -0.39 is 0 Å². The molecule has 102 valence electrons. The van der Waals surface area contributed by atoms with E-state index in [-0.39, 0.29) is 0 Å². The second-order valence-electron chi connectivity index (χ2n) is 4.68. The van der Waals surface area contributed by atoms with Crippen LogP contribution < -0.4 is 5.32 Å². The molecule has 2 rings (SSSR count). The van der Waals surface area contributed by atoms with E-state index in [1.807, 2.05) is 12.4 Å². The van der Waals surface area contributed by atoms with Crippen LogP contribution in [0.5, 0.6) is 0 Å². The van der Waals surface area contributed by atoms with Crippen LogP contribution in [0.3, 0.4) is 0 Å². The summed E-state index contributed by atoms with van der Waals surface area (Å²) in [5, 5.41) is 3.43. The van der Waals surface area contributed by atoms with Gasteiger partial charge in [0.1, 0.15) is 0 Å². The van der Waals surface area contributed by atoms with E-state index >= 15 is 0 Å². The van der Waals surface area contributed by atoms with Crippen molar-refractivity contribution in [1.29, 1.82) is 0 Å². The molecule has 0 fully saturated rings. The van der Waals surface area contributed by atoms with Crippen molar-refractivity contribution in [3.05, 3.63) is 41.7 Å². The number of hydrogen-bond acceptors (Lipinski definition) is 3. The standard InChI is InChI=1S/C15H21N3O/c1-12-6-4-7-13(2)14(12)17-15-16-8-10-18(15)9-5-11-19-3/h4,6-8,10H,5,9,11H2,1-3H3,(H,16,17). The van der Waals surface area contributed by atoms with Gasteiger partial charge in [0.2, 0.25) is 5.95 Å². The first kappa shape index (κ1) is 13.6. The molecule has 0 amide bonds. The number of anilines is 2. The Hall–Kier alpha value is -1.81. The predicted octanol–water partition coefficient (Wildman–Crippen LogP) is 3.28. The van der Waals surface area contributed by atoms with Crippen molar-refractivity contribution in [3.63, 3.8) is 0 Å². The summed E-state index contributed by atoms with van der Waals surface area (Å²) < 4.78 is 7.20. The first-order chi connectivity index (χ1) is 9.22. The van der Waals surface area contributed by atoms with Gasteiger partial charge in [-0.1, -0.05) is 18.2 Å². The molecule has 0 radical (unpaired) electrons. The summed E-state index contributed by atoms with van der Waals surface area (Å²) in [5.74, 6) is 0.883. The largest absolute Gasteiger partial charge is 0.385 e. The lowest BCUT2D eigenvalue weighted by Gasteiger charge is -2.13. The van der Waals surface area contributed by atoms with E-state index in [2.05, 4.69) is 46.9 Å². The number of aromatic nitrogens is 2. The molecular formula is C15H21N3O. The number of hydrogen-bond donors (Lipinski definition) is 1. The summed E-state index contributed by atoms with van der Waals surface area (Å²) in [5.41, 5.74) is 3.60. The summed E-state index contributed by atoms with van der Waals surface area (Å²) in [6, 6.07) is 6.28. The Bertz CT molecular complexity index is 514. The SMILES string of the molecule is COCCCn1ccnc1Nc1c(C)cccc1C. The zero-order chi connectivity index (χ0) is 13.7. The number of para-hydroxylation sites is 1. The quantitative estimate of drug-likeness (QED) is 0.809. The number of ether oxygens (including phenoxy) is 1. The second kappa shape index (κ2) is 6.38. The third kappa shape index (κ3) is 3.35. The fraction of sp³-hybridized carbons (Fsp3) is 0.400. The van der Waals surface area contributed by atoms with Crippen molar-refractivity contribution in [2.75, 3.05) is 19.0 Å². The molecule has 0 bridgehead atoms. The molecule has 0 saturated heterocycles. The molecule has 0 aliphatic heterocycles. The van der Waals surface area contributed by atoms with Gasteiger partial charge in [-0.25, -0.2) is 4.98 Å². The van der Waals surface area contributed by atoms with E-state index in [4.69, 9.17) is 4.74 Å². The number of nitrogens with zero attached hydrogens (tertiary/aromatic N) is 2. The summed E-state index contributed by atoms with van der Waals surface area (Å²) in [4.78, 5) is 4.38. The van der Waals surface area contributed by atoms with Crippen LogP contribution in [0.2, 0.25) is 0 Å². The minimum absolute atomic E-state index is 0.765. The number of imidazole rings is 1. The Morgan fingerprint density at radius 2 is 2.00 bits per heavy atom. The van der Waals surface area contributed by atoms with Gasteiger partial charge in [0, 0.05) is 38.3 Å². The highest BCUT2D eigenvalue weighted by molar-refractivity contribution is 5.62. The van der Waals surface area contributed by atoms with Gasteiger partial charge < -0.3 is 14.6 Å². The van der Waals surface area contributed by atoms with Crippen LogP contribution >= 0.6 is 0 Å². The fourth-order valence-electron chi connectivity index (χ4n) is 2.12. The predicted molar refractivity (Wildman–Crippen MR) is 77.9 cm³/mol. The molecule has 0 aliphatic carbocycles. The minimum atomic E-state index is 0.765. The van der Waals surface area contributed by atoms with Crippen molar-refractivity contribution < 1.29 is 4.74 Å². The third-order valence-corrected chi connectivity index (χ3v) is 3.18. The van der Waals surface area contributed by atoms with Crippen LogP contribution in [-0.2, 0) is 11.3 Å². The number of methoxy groups -OCH3 is 1. The van der Waals surface area contributed by atoms with Crippen molar-refractivity contribution in [2.24, 2.45) is 0 Å². The second-order valence-corrected chi connectivity index (χ2v) is 4.68. The van der Waals surface area contributed by atoms with Gasteiger partial charge in [0.05, 0.1) is 0 Å². The van der Waals surface area contributed by atoms with Gasteiger partial charge in [-0.15, -0.1) is 0 Å². The lowest BCUT2D eigenvalue weighted by molar-refractivity contribution is 0.190. The van der Waals surface area contributed by atoms with E-state index in [0.717, 1.165) is 31.2 Å². The molecule has 1 N–H and O–H groups in total. The molecule has 1 aromatic carbocycles. The Labute approximate surface area is 114 Å². The molecule has 1 aromatic heterocycles. The monoisotopic (exact) mass is 259 g/mol. The first-order valence-corrected chi connectivity index (χ1v) is 6.55. The fourth-order valence-corrected chi connectivity index (χ4v) is 2.12. The molecule has 0 spiro atoms. The van der Waals surface area contributed by atoms with Gasteiger partial charge in [-0.2, -0.15) is 0 Å². The first-order valence-electron chi connectivity index (χ1n) is 6.55. The van der Waals surface area contributed by atoms with Crippen LogP contribution in [0.4, 0.5) is 11.6 Å². The third-order valence-electron chi connectivity index (χ3n) is 3.18. The Kier molecular flexibility index (Phi) is 4.58. The van der Waals surface area contributed by atoms with Crippen LogP contribution in [0.25, 0.3) is 0 Å². The molecule has 19 heavy (non-hydrogen) atoms. The van der Waals surface area contributed by atoms with Gasteiger partial charge in [-0.05, 0) is 31.4 Å². The molecular weight excluding hydrogens is 238 g/mol. The lowest BCUT2D eigenvalue weighted by atomic mass is 10.1. The van der Waals surface area contributed by atoms with E-state index in [0.29, 0.717) is 0 Å². The Morgan fingerprint density at radius 3 is 2.68 bits per heavy atom. The van der Waals surface area contributed by atoms with Crippen molar-refractivity contribution in [3.8, 4) is 0 Å². The molecule has 4 heteroatoms. The average molecular weight is 259 g/mol. The van der Waals surface area contributed by atoms with Crippen LogP contribution in [0.15, 0.2) is 30.6 Å². The summed E-state index contributed by atoms with van der Waals surface area (Å²) in [6.07, 6.45) is 4.79. The molecule has 0 aliphatic rings. The molecule has 1 heterocycles. The highest BCUT2D eigenvalue weighted by Crippen LogP contribution is 2.23. The van der Waals surface area contributed by atoms with Gasteiger partial charge >= 0.3 is 0 Å². The van der Waals surface area contributed by atoms with Gasteiger partial charge in [0.15, 0.2) is 0 Å². The van der Waals surface area contributed by atoms with Crippen LogP contribution in [0.1, 0.15) is 17.5 Å². The highest BCUT2D eigenvalue weighted by atomic mass is 16.5. The van der Waals surface area contributed by atoms with E-state index in [9.17, 15) is 0 Å². The van der Waals surface area contributed by atoms with Gasteiger partial charge in [-0.3, -0.25) is 0 Å². The maximum Gasteiger partial charge on any atom is 0.207 e. The molecule has 0 atom stereocenters. The van der Waals surface area contributed by atoms with Crippen LogP contribution in [-0.4, -0.2) is 23.3 Å². The number of rotatable bonds is 6. The van der Waals surface area contributed by atoms with Crippen molar-refractivity contribution >= 4 is 11.6 Å². The summed E-state index contributed by atoms with van der Waals surface area (Å²) in [7, 11) is 1.73. The van der Waals surface area contributed by atoms with Crippen molar-refractivity contribution in [2.45, 2.75) is 26.8 Å². The maximum absolute atomic E-state index is 5.08.